The summed E-state index contributed by atoms with van der Waals surface area (Å²) in [5.74, 6) is 1.14. The normalized spacial score (nSPS) is 19.8. The van der Waals surface area contributed by atoms with Gasteiger partial charge in [-0.05, 0) is 30.2 Å². The average Bonchev–Trinajstić information content (AvgIpc) is 3.31. The number of ether oxygens (including phenoxy) is 1. The number of methoxy groups -OCH3 is 1. The summed E-state index contributed by atoms with van der Waals surface area (Å²) in [5.41, 5.74) is 2.23. The van der Waals surface area contributed by atoms with Crippen LogP contribution < -0.4 is 10.6 Å². The standard InChI is InChI=1S/C20H28N4O2S.ClH/c1-14(15-4-6-17(7-5-15)27-9-8-26-3)23-20(25)19-12-21-11-18(19)16-10-22-24(2)13-16;/h4-7,10,13-14,18-19,21H,8-9,11-12H2,1-3H3,(H,23,25);1H/t14?,18-,19+;/m1./s1. The summed E-state index contributed by atoms with van der Waals surface area (Å²) in [5, 5.41) is 10.8. The molecule has 154 valence electrons. The smallest absolute Gasteiger partial charge is 0.225 e. The number of hydrogen-bond donors (Lipinski definition) is 2. The molecular formula is C20H29ClN4O2S. The van der Waals surface area contributed by atoms with Crippen molar-refractivity contribution >= 4 is 30.1 Å². The lowest BCUT2D eigenvalue weighted by Gasteiger charge is -2.21. The molecule has 6 nitrogen and oxygen atoms in total. The SMILES string of the molecule is COCCSc1ccc(C(C)NC(=O)[C@H]2CNC[C@@H]2c2cnn(C)c2)cc1.Cl. The summed E-state index contributed by atoms with van der Waals surface area (Å²) in [6, 6.07) is 8.37. The first-order valence-electron chi connectivity index (χ1n) is 9.30. The van der Waals surface area contributed by atoms with Crippen LogP contribution in [-0.4, -0.2) is 48.2 Å². The maximum absolute atomic E-state index is 12.9. The molecule has 1 aliphatic rings. The van der Waals surface area contributed by atoms with Crippen molar-refractivity contribution in [3.8, 4) is 0 Å². The largest absolute Gasteiger partial charge is 0.384 e. The molecule has 0 spiro atoms. The first kappa shape index (κ1) is 22.7. The van der Waals surface area contributed by atoms with E-state index in [-0.39, 0.29) is 36.2 Å². The van der Waals surface area contributed by atoms with Crippen LogP contribution in [0, 0.1) is 5.92 Å². The molecular weight excluding hydrogens is 396 g/mol. The molecule has 2 heterocycles. The number of hydrogen-bond acceptors (Lipinski definition) is 5. The molecule has 0 bridgehead atoms. The topological polar surface area (TPSA) is 68.2 Å². The van der Waals surface area contributed by atoms with Crippen LogP contribution in [0.25, 0.3) is 0 Å². The minimum absolute atomic E-state index is 0. The predicted octanol–water partition coefficient (Wildman–Crippen LogP) is 2.76. The van der Waals surface area contributed by atoms with Gasteiger partial charge in [-0.15, -0.1) is 24.2 Å². The first-order chi connectivity index (χ1) is 13.1. The molecule has 1 unspecified atom stereocenters. The highest BCUT2D eigenvalue weighted by atomic mass is 35.5. The van der Waals surface area contributed by atoms with E-state index in [0.29, 0.717) is 6.54 Å². The lowest BCUT2D eigenvalue weighted by atomic mass is 9.90. The number of halogens is 1. The van der Waals surface area contributed by atoms with Crippen molar-refractivity contribution < 1.29 is 9.53 Å². The second-order valence-electron chi connectivity index (χ2n) is 6.96. The maximum atomic E-state index is 12.9. The highest BCUT2D eigenvalue weighted by molar-refractivity contribution is 7.99. The zero-order valence-electron chi connectivity index (χ0n) is 16.6. The summed E-state index contributed by atoms with van der Waals surface area (Å²) in [4.78, 5) is 14.1. The summed E-state index contributed by atoms with van der Waals surface area (Å²) in [7, 11) is 3.62. The summed E-state index contributed by atoms with van der Waals surface area (Å²) in [6.07, 6.45) is 3.86. The Balaban J connectivity index is 0.00000280. The monoisotopic (exact) mass is 424 g/mol. The van der Waals surface area contributed by atoms with Crippen molar-refractivity contribution in [2.45, 2.75) is 23.8 Å². The minimum Gasteiger partial charge on any atom is -0.384 e. The van der Waals surface area contributed by atoms with Gasteiger partial charge in [0.1, 0.15) is 0 Å². The molecule has 1 aliphatic heterocycles. The lowest BCUT2D eigenvalue weighted by molar-refractivity contribution is -0.125. The fourth-order valence-electron chi connectivity index (χ4n) is 3.44. The van der Waals surface area contributed by atoms with Gasteiger partial charge in [0, 0.05) is 50.0 Å². The number of nitrogens with one attached hydrogen (secondary N) is 2. The Hall–Kier alpha value is -1.54. The van der Waals surface area contributed by atoms with E-state index in [0.717, 1.165) is 30.0 Å². The van der Waals surface area contributed by atoms with Crippen LogP contribution in [0.5, 0.6) is 0 Å². The summed E-state index contributed by atoms with van der Waals surface area (Å²) < 4.78 is 6.87. The van der Waals surface area contributed by atoms with E-state index < -0.39 is 0 Å². The molecule has 1 aromatic heterocycles. The van der Waals surface area contributed by atoms with E-state index in [2.05, 4.69) is 40.0 Å². The molecule has 0 radical (unpaired) electrons. The summed E-state index contributed by atoms with van der Waals surface area (Å²) in [6.45, 7) is 4.29. The van der Waals surface area contributed by atoms with Crippen molar-refractivity contribution in [1.29, 1.82) is 0 Å². The summed E-state index contributed by atoms with van der Waals surface area (Å²) >= 11 is 1.77. The second kappa shape index (κ2) is 10.9. The van der Waals surface area contributed by atoms with Gasteiger partial charge in [0.25, 0.3) is 0 Å². The number of aryl methyl sites for hydroxylation is 1. The highest BCUT2D eigenvalue weighted by Gasteiger charge is 2.35. The molecule has 3 rings (SSSR count). The van der Waals surface area contributed by atoms with Crippen molar-refractivity contribution in [3.63, 3.8) is 0 Å². The number of aromatic nitrogens is 2. The fourth-order valence-corrected chi connectivity index (χ4v) is 4.25. The quantitative estimate of drug-likeness (QED) is 0.503. The van der Waals surface area contributed by atoms with Gasteiger partial charge in [0.15, 0.2) is 0 Å². The molecule has 28 heavy (non-hydrogen) atoms. The van der Waals surface area contributed by atoms with Gasteiger partial charge in [-0.1, -0.05) is 12.1 Å². The van der Waals surface area contributed by atoms with Crippen molar-refractivity contribution in [2.75, 3.05) is 32.6 Å². The Kier molecular flexibility index (Phi) is 8.82. The number of nitrogens with zero attached hydrogens (tertiary/aromatic N) is 2. The Morgan fingerprint density at radius 2 is 2.14 bits per heavy atom. The Morgan fingerprint density at radius 3 is 2.79 bits per heavy atom. The van der Waals surface area contributed by atoms with E-state index in [4.69, 9.17) is 4.74 Å². The molecule has 1 amide bonds. The second-order valence-corrected chi connectivity index (χ2v) is 8.13. The van der Waals surface area contributed by atoms with E-state index in [1.807, 2.05) is 26.4 Å². The minimum atomic E-state index is -0.0690. The van der Waals surface area contributed by atoms with Crippen molar-refractivity contribution in [1.82, 2.24) is 20.4 Å². The highest BCUT2D eigenvalue weighted by Crippen LogP contribution is 2.29. The van der Waals surface area contributed by atoms with Crippen molar-refractivity contribution in [3.05, 3.63) is 47.8 Å². The molecule has 1 fully saturated rings. The van der Waals surface area contributed by atoms with Gasteiger partial charge < -0.3 is 15.4 Å². The van der Waals surface area contributed by atoms with Crippen LogP contribution in [0.3, 0.4) is 0 Å². The van der Waals surface area contributed by atoms with Gasteiger partial charge in [0.05, 0.1) is 24.8 Å². The molecule has 1 saturated heterocycles. The average molecular weight is 425 g/mol. The van der Waals surface area contributed by atoms with E-state index in [1.54, 1.807) is 23.6 Å². The van der Waals surface area contributed by atoms with E-state index >= 15 is 0 Å². The third kappa shape index (κ3) is 5.73. The van der Waals surface area contributed by atoms with Crippen LogP contribution in [0.4, 0.5) is 0 Å². The molecule has 8 heteroatoms. The molecule has 1 aromatic carbocycles. The predicted molar refractivity (Wildman–Crippen MR) is 115 cm³/mol. The zero-order valence-corrected chi connectivity index (χ0v) is 18.2. The van der Waals surface area contributed by atoms with E-state index in [1.165, 1.54) is 4.90 Å². The van der Waals surface area contributed by atoms with Crippen LogP contribution in [0.1, 0.15) is 30.0 Å². The Labute approximate surface area is 177 Å². The number of rotatable bonds is 8. The van der Waals surface area contributed by atoms with Crippen LogP contribution in [0.15, 0.2) is 41.6 Å². The number of carbonyl (C=O) groups is 1. The first-order valence-corrected chi connectivity index (χ1v) is 10.3. The van der Waals surface area contributed by atoms with Crippen LogP contribution >= 0.6 is 24.2 Å². The number of amides is 1. The Morgan fingerprint density at radius 1 is 1.39 bits per heavy atom. The number of benzene rings is 1. The third-order valence-corrected chi connectivity index (χ3v) is 5.98. The van der Waals surface area contributed by atoms with Gasteiger partial charge >= 0.3 is 0 Å². The van der Waals surface area contributed by atoms with Gasteiger partial charge in [-0.25, -0.2) is 0 Å². The third-order valence-electron chi connectivity index (χ3n) is 5.00. The number of thioether (sulfide) groups is 1. The fraction of sp³-hybridized carbons (Fsp3) is 0.500. The van der Waals surface area contributed by atoms with Gasteiger partial charge in [0.2, 0.25) is 5.91 Å². The number of carbonyl (C=O) groups excluding carboxylic acids is 1. The van der Waals surface area contributed by atoms with E-state index in [9.17, 15) is 4.79 Å². The van der Waals surface area contributed by atoms with Gasteiger partial charge in [-0.3, -0.25) is 9.48 Å². The lowest BCUT2D eigenvalue weighted by Crippen LogP contribution is -2.35. The molecule has 3 atom stereocenters. The van der Waals surface area contributed by atoms with Crippen molar-refractivity contribution in [2.24, 2.45) is 13.0 Å². The van der Waals surface area contributed by atoms with Gasteiger partial charge in [-0.2, -0.15) is 5.10 Å². The van der Waals surface area contributed by atoms with Crippen LogP contribution in [0.2, 0.25) is 0 Å². The molecule has 0 saturated carbocycles. The molecule has 2 N–H and O–H groups in total. The zero-order chi connectivity index (χ0) is 19.2. The molecule has 2 aromatic rings. The maximum Gasteiger partial charge on any atom is 0.225 e. The Bertz CT molecular complexity index is 753. The van der Waals surface area contributed by atoms with Crippen LogP contribution in [-0.2, 0) is 16.6 Å². The molecule has 0 aliphatic carbocycles.